The predicted octanol–water partition coefficient (Wildman–Crippen LogP) is 2.95. The Morgan fingerprint density at radius 2 is 1.90 bits per heavy atom. The van der Waals surface area contributed by atoms with Gasteiger partial charge in [0.15, 0.2) is 11.6 Å². The van der Waals surface area contributed by atoms with Gasteiger partial charge in [-0.3, -0.25) is 0 Å². The Balaban J connectivity index is 1.51. The van der Waals surface area contributed by atoms with Crippen molar-refractivity contribution in [2.75, 3.05) is 39.5 Å². The van der Waals surface area contributed by atoms with Crippen LogP contribution in [0.15, 0.2) is 24.3 Å². The molecule has 0 saturated carbocycles. The smallest absolute Gasteiger partial charge is 0.165 e. The standard InChI is InChI=1S/C16H24FNO2/c1-14-6-8-18(9-7-14)10-11-19-12-13-20-16-5-3-2-4-15(16)17/h2-5,14H,6-13H2,1H3. The van der Waals surface area contributed by atoms with E-state index in [1.54, 1.807) is 18.2 Å². The zero-order valence-electron chi connectivity index (χ0n) is 12.2. The number of ether oxygens (including phenoxy) is 2. The molecule has 1 heterocycles. The minimum absolute atomic E-state index is 0.293. The summed E-state index contributed by atoms with van der Waals surface area (Å²) >= 11 is 0. The lowest BCUT2D eigenvalue weighted by atomic mass is 9.99. The number of likely N-dealkylation sites (tertiary alicyclic amines) is 1. The van der Waals surface area contributed by atoms with Gasteiger partial charge in [-0.15, -0.1) is 0 Å². The molecule has 0 bridgehead atoms. The molecule has 1 aromatic carbocycles. The Labute approximate surface area is 120 Å². The molecule has 0 N–H and O–H groups in total. The lowest BCUT2D eigenvalue weighted by molar-refractivity contribution is 0.0701. The van der Waals surface area contributed by atoms with Gasteiger partial charge >= 0.3 is 0 Å². The number of piperidine rings is 1. The summed E-state index contributed by atoms with van der Waals surface area (Å²) in [5, 5.41) is 0. The van der Waals surface area contributed by atoms with Crippen LogP contribution in [0.4, 0.5) is 4.39 Å². The van der Waals surface area contributed by atoms with E-state index in [1.807, 2.05) is 0 Å². The van der Waals surface area contributed by atoms with E-state index in [0.29, 0.717) is 19.0 Å². The minimum atomic E-state index is -0.324. The number of rotatable bonds is 7. The van der Waals surface area contributed by atoms with Crippen LogP contribution in [0.1, 0.15) is 19.8 Å². The Morgan fingerprint density at radius 3 is 2.65 bits per heavy atom. The molecule has 0 spiro atoms. The molecule has 2 rings (SSSR count). The van der Waals surface area contributed by atoms with E-state index in [9.17, 15) is 4.39 Å². The Morgan fingerprint density at radius 1 is 1.15 bits per heavy atom. The zero-order valence-corrected chi connectivity index (χ0v) is 12.2. The number of hydrogen-bond donors (Lipinski definition) is 0. The van der Waals surface area contributed by atoms with Crippen molar-refractivity contribution in [3.63, 3.8) is 0 Å². The molecule has 0 amide bonds. The molecule has 1 aliphatic heterocycles. The first kappa shape index (κ1) is 15.3. The minimum Gasteiger partial charge on any atom is -0.488 e. The van der Waals surface area contributed by atoms with Gasteiger partial charge in [0.1, 0.15) is 6.61 Å². The number of nitrogens with zero attached hydrogens (tertiary/aromatic N) is 1. The molecule has 1 aliphatic rings. The van der Waals surface area contributed by atoms with Crippen LogP contribution in [0.5, 0.6) is 5.75 Å². The van der Waals surface area contributed by atoms with Crippen LogP contribution in [0.25, 0.3) is 0 Å². The van der Waals surface area contributed by atoms with Gasteiger partial charge in [-0.25, -0.2) is 4.39 Å². The Hall–Kier alpha value is -1.13. The van der Waals surface area contributed by atoms with Gasteiger partial charge in [0.25, 0.3) is 0 Å². The summed E-state index contributed by atoms with van der Waals surface area (Å²) in [5.41, 5.74) is 0. The second-order valence-corrected chi connectivity index (χ2v) is 5.42. The molecule has 1 fully saturated rings. The number of para-hydroxylation sites is 1. The lowest BCUT2D eigenvalue weighted by Gasteiger charge is -2.29. The normalized spacial score (nSPS) is 17.3. The molecule has 0 radical (unpaired) electrons. The first-order valence-electron chi connectivity index (χ1n) is 7.43. The van der Waals surface area contributed by atoms with Gasteiger partial charge in [0.2, 0.25) is 0 Å². The lowest BCUT2D eigenvalue weighted by Crippen LogP contribution is -2.35. The monoisotopic (exact) mass is 281 g/mol. The highest BCUT2D eigenvalue weighted by molar-refractivity contribution is 5.23. The molecule has 3 nitrogen and oxygen atoms in total. The van der Waals surface area contributed by atoms with Crippen LogP contribution in [0.2, 0.25) is 0 Å². The molecule has 0 aromatic heterocycles. The van der Waals surface area contributed by atoms with Gasteiger partial charge in [0, 0.05) is 6.54 Å². The van der Waals surface area contributed by atoms with E-state index >= 15 is 0 Å². The molecule has 1 saturated heterocycles. The summed E-state index contributed by atoms with van der Waals surface area (Å²) in [4.78, 5) is 2.44. The molecular formula is C16H24FNO2. The summed E-state index contributed by atoms with van der Waals surface area (Å²) in [5.74, 6) is 0.831. The number of benzene rings is 1. The van der Waals surface area contributed by atoms with Crippen molar-refractivity contribution in [2.45, 2.75) is 19.8 Å². The molecule has 0 aliphatic carbocycles. The third-order valence-electron chi connectivity index (χ3n) is 3.75. The summed E-state index contributed by atoms with van der Waals surface area (Å²) in [6.45, 7) is 7.25. The van der Waals surface area contributed by atoms with E-state index in [-0.39, 0.29) is 5.82 Å². The number of halogens is 1. The Bertz CT molecular complexity index is 392. The van der Waals surface area contributed by atoms with E-state index in [0.717, 1.165) is 19.1 Å². The van der Waals surface area contributed by atoms with Gasteiger partial charge in [-0.1, -0.05) is 19.1 Å². The van der Waals surface area contributed by atoms with Crippen molar-refractivity contribution in [3.05, 3.63) is 30.1 Å². The predicted molar refractivity (Wildman–Crippen MR) is 77.6 cm³/mol. The zero-order chi connectivity index (χ0) is 14.2. The highest BCUT2D eigenvalue weighted by atomic mass is 19.1. The highest BCUT2D eigenvalue weighted by Crippen LogP contribution is 2.16. The molecule has 0 atom stereocenters. The van der Waals surface area contributed by atoms with Crippen LogP contribution in [0, 0.1) is 11.7 Å². The van der Waals surface area contributed by atoms with Crippen molar-refractivity contribution in [1.29, 1.82) is 0 Å². The maximum absolute atomic E-state index is 13.3. The summed E-state index contributed by atoms with van der Waals surface area (Å²) in [6.07, 6.45) is 2.58. The average Bonchev–Trinajstić information content (AvgIpc) is 2.46. The summed E-state index contributed by atoms with van der Waals surface area (Å²) < 4.78 is 24.1. The second-order valence-electron chi connectivity index (χ2n) is 5.42. The van der Waals surface area contributed by atoms with E-state index < -0.39 is 0 Å². The van der Waals surface area contributed by atoms with Gasteiger partial charge in [-0.2, -0.15) is 0 Å². The van der Waals surface area contributed by atoms with Crippen molar-refractivity contribution in [1.82, 2.24) is 4.90 Å². The fraction of sp³-hybridized carbons (Fsp3) is 0.625. The van der Waals surface area contributed by atoms with E-state index in [4.69, 9.17) is 9.47 Å². The van der Waals surface area contributed by atoms with Crippen LogP contribution < -0.4 is 4.74 Å². The quantitative estimate of drug-likeness (QED) is 0.717. The molecule has 4 heteroatoms. The van der Waals surface area contributed by atoms with Crippen molar-refractivity contribution in [3.8, 4) is 5.75 Å². The van der Waals surface area contributed by atoms with Crippen LogP contribution in [0.3, 0.4) is 0 Å². The van der Waals surface area contributed by atoms with Crippen molar-refractivity contribution in [2.24, 2.45) is 5.92 Å². The van der Waals surface area contributed by atoms with Crippen LogP contribution in [-0.2, 0) is 4.74 Å². The van der Waals surface area contributed by atoms with Crippen LogP contribution in [-0.4, -0.2) is 44.4 Å². The summed E-state index contributed by atoms with van der Waals surface area (Å²) in [7, 11) is 0. The Kier molecular flexibility index (Phi) is 6.27. The number of hydrogen-bond acceptors (Lipinski definition) is 3. The third-order valence-corrected chi connectivity index (χ3v) is 3.75. The third kappa shape index (κ3) is 5.10. The van der Waals surface area contributed by atoms with Crippen LogP contribution >= 0.6 is 0 Å². The van der Waals surface area contributed by atoms with E-state index in [2.05, 4.69) is 11.8 Å². The first-order valence-corrected chi connectivity index (χ1v) is 7.43. The van der Waals surface area contributed by atoms with Gasteiger partial charge in [-0.05, 0) is 44.0 Å². The molecule has 112 valence electrons. The molecule has 20 heavy (non-hydrogen) atoms. The fourth-order valence-corrected chi connectivity index (χ4v) is 2.35. The fourth-order valence-electron chi connectivity index (χ4n) is 2.35. The van der Waals surface area contributed by atoms with Gasteiger partial charge in [0.05, 0.1) is 13.2 Å². The average molecular weight is 281 g/mol. The first-order chi connectivity index (χ1) is 9.75. The van der Waals surface area contributed by atoms with Crippen molar-refractivity contribution < 1.29 is 13.9 Å². The molecule has 1 aromatic rings. The van der Waals surface area contributed by atoms with Crippen molar-refractivity contribution >= 4 is 0 Å². The van der Waals surface area contributed by atoms with Gasteiger partial charge < -0.3 is 14.4 Å². The molecule has 0 unspecified atom stereocenters. The summed E-state index contributed by atoms with van der Waals surface area (Å²) in [6, 6.07) is 6.44. The van der Waals surface area contributed by atoms with E-state index in [1.165, 1.54) is 32.0 Å². The maximum Gasteiger partial charge on any atom is 0.165 e. The molecular weight excluding hydrogens is 257 g/mol. The second kappa shape index (κ2) is 8.22. The topological polar surface area (TPSA) is 21.7 Å². The SMILES string of the molecule is CC1CCN(CCOCCOc2ccccc2F)CC1. The maximum atomic E-state index is 13.3. The highest BCUT2D eigenvalue weighted by Gasteiger charge is 2.14. The largest absolute Gasteiger partial charge is 0.488 e.